The largest absolute Gasteiger partial charge is 0.488 e. The van der Waals surface area contributed by atoms with Crippen LogP contribution in [-0.4, -0.2) is 24.9 Å². The van der Waals surface area contributed by atoms with Crippen LogP contribution < -0.4 is 15.4 Å². The molecule has 2 aromatic carbocycles. The molecule has 1 heterocycles. The van der Waals surface area contributed by atoms with E-state index in [4.69, 9.17) is 9.15 Å². The number of hydrogen-bond acceptors (Lipinski definition) is 4. The standard InChI is InChI=1S/C21H19FN2O4/c22-16-9-7-15(8-10-16)14-28-18-5-2-1-4-17(18)20(25)23-11-12-24-21(26)19-6-3-13-27-19/h1-10,13H,11-12,14H2,(H,23,25)(H,24,26). The summed E-state index contributed by atoms with van der Waals surface area (Å²) >= 11 is 0. The molecule has 0 aliphatic rings. The molecule has 0 saturated carbocycles. The van der Waals surface area contributed by atoms with Crippen molar-refractivity contribution in [2.45, 2.75) is 6.61 Å². The van der Waals surface area contributed by atoms with Gasteiger partial charge in [-0.1, -0.05) is 24.3 Å². The van der Waals surface area contributed by atoms with Crippen LogP contribution in [0.3, 0.4) is 0 Å². The van der Waals surface area contributed by atoms with Crippen LogP contribution in [-0.2, 0) is 6.61 Å². The van der Waals surface area contributed by atoms with Gasteiger partial charge in [-0.2, -0.15) is 0 Å². The van der Waals surface area contributed by atoms with E-state index in [0.717, 1.165) is 5.56 Å². The monoisotopic (exact) mass is 382 g/mol. The molecule has 0 spiro atoms. The Labute approximate surface area is 161 Å². The predicted molar refractivity (Wildman–Crippen MR) is 101 cm³/mol. The molecule has 0 fully saturated rings. The number of halogens is 1. The first-order valence-corrected chi connectivity index (χ1v) is 8.69. The van der Waals surface area contributed by atoms with Crippen LogP contribution in [0.5, 0.6) is 5.75 Å². The summed E-state index contributed by atoms with van der Waals surface area (Å²) in [5, 5.41) is 5.38. The molecule has 0 aliphatic heterocycles. The van der Waals surface area contributed by atoms with E-state index in [-0.39, 0.29) is 43.1 Å². The normalized spacial score (nSPS) is 10.3. The third-order valence-electron chi connectivity index (χ3n) is 3.88. The zero-order chi connectivity index (χ0) is 19.8. The van der Waals surface area contributed by atoms with Gasteiger partial charge in [0, 0.05) is 13.1 Å². The Kier molecular flexibility index (Phi) is 6.41. The highest BCUT2D eigenvalue weighted by Crippen LogP contribution is 2.19. The molecule has 0 saturated heterocycles. The minimum absolute atomic E-state index is 0.212. The van der Waals surface area contributed by atoms with Crippen LogP contribution in [0.2, 0.25) is 0 Å². The van der Waals surface area contributed by atoms with Crippen molar-refractivity contribution in [3.63, 3.8) is 0 Å². The lowest BCUT2D eigenvalue weighted by Crippen LogP contribution is -2.34. The number of ether oxygens (including phenoxy) is 1. The van der Waals surface area contributed by atoms with Gasteiger partial charge in [-0.15, -0.1) is 0 Å². The van der Waals surface area contributed by atoms with Crippen molar-refractivity contribution < 1.29 is 23.1 Å². The molecular formula is C21H19FN2O4. The molecule has 1 aromatic heterocycles. The number of hydrogen-bond donors (Lipinski definition) is 2. The Morgan fingerprint density at radius 3 is 2.32 bits per heavy atom. The van der Waals surface area contributed by atoms with Crippen LogP contribution in [0.1, 0.15) is 26.5 Å². The summed E-state index contributed by atoms with van der Waals surface area (Å²) in [6, 6.07) is 16.0. The highest BCUT2D eigenvalue weighted by Gasteiger charge is 2.12. The number of amides is 2. The minimum Gasteiger partial charge on any atom is -0.488 e. The summed E-state index contributed by atoms with van der Waals surface area (Å²) in [6.07, 6.45) is 1.42. The van der Waals surface area contributed by atoms with Crippen LogP contribution >= 0.6 is 0 Å². The summed E-state index contributed by atoms with van der Waals surface area (Å²) in [6.45, 7) is 0.714. The molecule has 0 bridgehead atoms. The van der Waals surface area contributed by atoms with Gasteiger partial charge in [0.1, 0.15) is 18.2 Å². The van der Waals surface area contributed by atoms with Gasteiger partial charge in [0.05, 0.1) is 11.8 Å². The lowest BCUT2D eigenvalue weighted by atomic mass is 10.2. The maximum Gasteiger partial charge on any atom is 0.287 e. The van der Waals surface area contributed by atoms with Gasteiger partial charge in [0.25, 0.3) is 11.8 Å². The Morgan fingerprint density at radius 1 is 0.893 bits per heavy atom. The number of carbonyl (C=O) groups is 2. The minimum atomic E-state index is -0.345. The topological polar surface area (TPSA) is 80.6 Å². The Balaban J connectivity index is 1.50. The average molecular weight is 382 g/mol. The fourth-order valence-electron chi connectivity index (χ4n) is 2.46. The summed E-state index contributed by atoms with van der Waals surface area (Å²) < 4.78 is 23.7. The molecule has 28 heavy (non-hydrogen) atoms. The van der Waals surface area contributed by atoms with E-state index in [0.29, 0.717) is 11.3 Å². The van der Waals surface area contributed by atoms with Gasteiger partial charge in [0.15, 0.2) is 5.76 Å². The molecule has 3 aromatic rings. The summed E-state index contributed by atoms with van der Waals surface area (Å²) in [4.78, 5) is 24.2. The molecule has 2 N–H and O–H groups in total. The molecule has 0 aliphatic carbocycles. The Morgan fingerprint density at radius 2 is 1.61 bits per heavy atom. The Hall–Kier alpha value is -3.61. The number of nitrogens with one attached hydrogen (secondary N) is 2. The van der Waals surface area contributed by atoms with Crippen LogP contribution in [0, 0.1) is 5.82 Å². The summed E-state index contributed by atoms with van der Waals surface area (Å²) in [7, 11) is 0. The number of benzene rings is 2. The highest BCUT2D eigenvalue weighted by molar-refractivity contribution is 5.97. The van der Waals surface area contributed by atoms with E-state index < -0.39 is 0 Å². The van der Waals surface area contributed by atoms with Crippen molar-refractivity contribution in [2.75, 3.05) is 13.1 Å². The smallest absolute Gasteiger partial charge is 0.287 e. The maximum atomic E-state index is 13.0. The van der Waals surface area contributed by atoms with Crippen molar-refractivity contribution in [3.05, 3.63) is 89.6 Å². The lowest BCUT2D eigenvalue weighted by Gasteiger charge is -2.12. The van der Waals surface area contributed by atoms with Crippen LogP contribution in [0.25, 0.3) is 0 Å². The first-order valence-electron chi connectivity index (χ1n) is 8.69. The second-order valence-corrected chi connectivity index (χ2v) is 5.90. The number of rotatable bonds is 8. The molecule has 0 radical (unpaired) electrons. The molecule has 0 atom stereocenters. The zero-order valence-electron chi connectivity index (χ0n) is 15.0. The van der Waals surface area contributed by atoms with Crippen molar-refractivity contribution in [1.82, 2.24) is 10.6 Å². The van der Waals surface area contributed by atoms with Gasteiger partial charge >= 0.3 is 0 Å². The number of carbonyl (C=O) groups excluding carboxylic acids is 2. The molecule has 7 heteroatoms. The van der Waals surface area contributed by atoms with Gasteiger partial charge in [0.2, 0.25) is 0 Å². The quantitative estimate of drug-likeness (QED) is 0.587. The highest BCUT2D eigenvalue weighted by atomic mass is 19.1. The maximum absolute atomic E-state index is 13.0. The van der Waals surface area contributed by atoms with E-state index in [1.54, 1.807) is 48.5 Å². The van der Waals surface area contributed by atoms with Crippen molar-refractivity contribution in [3.8, 4) is 5.75 Å². The third-order valence-corrected chi connectivity index (χ3v) is 3.88. The van der Waals surface area contributed by atoms with E-state index in [1.807, 2.05) is 0 Å². The number of para-hydroxylation sites is 1. The first kappa shape index (κ1) is 19.2. The van der Waals surface area contributed by atoms with Gasteiger partial charge in [-0.3, -0.25) is 9.59 Å². The van der Waals surface area contributed by atoms with Crippen molar-refractivity contribution in [1.29, 1.82) is 0 Å². The molecule has 3 rings (SSSR count). The van der Waals surface area contributed by atoms with Crippen LogP contribution in [0.4, 0.5) is 4.39 Å². The molecule has 2 amide bonds. The van der Waals surface area contributed by atoms with Gasteiger partial charge in [-0.05, 0) is 42.0 Å². The van der Waals surface area contributed by atoms with Crippen molar-refractivity contribution in [2.24, 2.45) is 0 Å². The van der Waals surface area contributed by atoms with E-state index in [2.05, 4.69) is 10.6 Å². The Bertz CT molecular complexity index is 924. The molecule has 0 unspecified atom stereocenters. The van der Waals surface area contributed by atoms with Gasteiger partial charge in [-0.25, -0.2) is 4.39 Å². The summed E-state index contributed by atoms with van der Waals surface area (Å²) in [5.41, 5.74) is 1.17. The van der Waals surface area contributed by atoms with E-state index in [1.165, 1.54) is 18.4 Å². The molecule has 6 nitrogen and oxygen atoms in total. The zero-order valence-corrected chi connectivity index (χ0v) is 15.0. The van der Waals surface area contributed by atoms with E-state index >= 15 is 0 Å². The van der Waals surface area contributed by atoms with Gasteiger partial charge < -0.3 is 19.8 Å². The van der Waals surface area contributed by atoms with Crippen LogP contribution in [0.15, 0.2) is 71.3 Å². The first-order chi connectivity index (χ1) is 13.6. The number of furan rings is 1. The fraction of sp³-hybridized carbons (Fsp3) is 0.143. The third kappa shape index (κ3) is 5.20. The average Bonchev–Trinajstić information content (AvgIpc) is 3.26. The van der Waals surface area contributed by atoms with Crippen molar-refractivity contribution >= 4 is 11.8 Å². The second-order valence-electron chi connectivity index (χ2n) is 5.90. The lowest BCUT2D eigenvalue weighted by molar-refractivity contribution is 0.0909. The fourth-order valence-corrected chi connectivity index (χ4v) is 2.46. The summed E-state index contributed by atoms with van der Waals surface area (Å²) in [5.74, 6) is -0.346. The van der Waals surface area contributed by atoms with E-state index in [9.17, 15) is 14.0 Å². The molecular weight excluding hydrogens is 363 g/mol. The second kappa shape index (κ2) is 9.36. The molecule has 144 valence electrons. The predicted octanol–water partition coefficient (Wildman–Crippen LogP) is 3.16. The SMILES string of the molecule is O=C(NCCNC(=O)c1ccccc1OCc1ccc(F)cc1)c1ccco1.